The minimum atomic E-state index is 0.104. The number of pyridine rings is 1. The Morgan fingerprint density at radius 3 is 2.67 bits per heavy atom. The SMILES string of the molecule is COCCn1cc(C)cc(C(C)C)c1=O. The summed E-state index contributed by atoms with van der Waals surface area (Å²) in [4.78, 5) is 12.0. The van der Waals surface area contributed by atoms with Crippen molar-refractivity contribution < 1.29 is 4.74 Å². The largest absolute Gasteiger partial charge is 0.383 e. The Balaban J connectivity index is 3.11. The molecule has 1 rings (SSSR count). The van der Waals surface area contributed by atoms with Gasteiger partial charge in [-0.15, -0.1) is 0 Å². The summed E-state index contributed by atoms with van der Waals surface area (Å²) >= 11 is 0. The fourth-order valence-corrected chi connectivity index (χ4v) is 1.58. The highest BCUT2D eigenvalue weighted by Gasteiger charge is 2.08. The van der Waals surface area contributed by atoms with Gasteiger partial charge in [-0.1, -0.05) is 13.8 Å². The predicted octanol–water partition coefficient (Wildman–Crippen LogP) is 1.93. The van der Waals surface area contributed by atoms with Crippen molar-refractivity contribution in [3.8, 4) is 0 Å². The van der Waals surface area contributed by atoms with E-state index in [1.807, 2.05) is 33.0 Å². The third kappa shape index (κ3) is 2.93. The van der Waals surface area contributed by atoms with Crippen molar-refractivity contribution in [1.29, 1.82) is 0 Å². The Labute approximate surface area is 90.7 Å². The first-order chi connectivity index (χ1) is 7.06. The number of aromatic nitrogens is 1. The number of ether oxygens (including phenoxy) is 1. The summed E-state index contributed by atoms with van der Waals surface area (Å²) in [6.45, 7) is 7.28. The highest BCUT2D eigenvalue weighted by Crippen LogP contribution is 2.10. The van der Waals surface area contributed by atoms with Crippen molar-refractivity contribution in [2.45, 2.75) is 33.2 Å². The van der Waals surface area contributed by atoms with Gasteiger partial charge in [0.05, 0.1) is 6.61 Å². The highest BCUT2D eigenvalue weighted by molar-refractivity contribution is 5.20. The van der Waals surface area contributed by atoms with E-state index in [0.717, 1.165) is 11.1 Å². The van der Waals surface area contributed by atoms with Gasteiger partial charge in [0.1, 0.15) is 0 Å². The third-order valence-electron chi connectivity index (χ3n) is 2.41. The second-order valence-corrected chi connectivity index (χ2v) is 4.12. The lowest BCUT2D eigenvalue weighted by Crippen LogP contribution is -2.26. The number of hydrogen-bond acceptors (Lipinski definition) is 2. The second-order valence-electron chi connectivity index (χ2n) is 4.12. The fourth-order valence-electron chi connectivity index (χ4n) is 1.58. The summed E-state index contributed by atoms with van der Waals surface area (Å²) < 4.78 is 6.71. The summed E-state index contributed by atoms with van der Waals surface area (Å²) in [7, 11) is 1.64. The molecule has 0 bridgehead atoms. The molecule has 0 aromatic carbocycles. The second kappa shape index (κ2) is 5.12. The predicted molar refractivity (Wildman–Crippen MR) is 61.4 cm³/mol. The van der Waals surface area contributed by atoms with Crippen LogP contribution in [0.2, 0.25) is 0 Å². The quantitative estimate of drug-likeness (QED) is 0.758. The average Bonchev–Trinajstić information content (AvgIpc) is 2.18. The van der Waals surface area contributed by atoms with E-state index in [9.17, 15) is 4.79 Å². The molecule has 1 heterocycles. The Kier molecular flexibility index (Phi) is 4.09. The molecule has 3 heteroatoms. The van der Waals surface area contributed by atoms with Crippen LogP contribution in [0.3, 0.4) is 0 Å². The molecular formula is C12H19NO2. The van der Waals surface area contributed by atoms with E-state index in [-0.39, 0.29) is 11.5 Å². The van der Waals surface area contributed by atoms with Gasteiger partial charge >= 0.3 is 0 Å². The molecule has 0 amide bonds. The summed E-state index contributed by atoms with van der Waals surface area (Å²) in [6, 6.07) is 1.97. The molecule has 1 aromatic rings. The van der Waals surface area contributed by atoms with Crippen LogP contribution < -0.4 is 5.56 Å². The van der Waals surface area contributed by atoms with E-state index < -0.39 is 0 Å². The van der Waals surface area contributed by atoms with Crippen LogP contribution in [0.4, 0.5) is 0 Å². The number of aryl methyl sites for hydroxylation is 1. The van der Waals surface area contributed by atoms with Gasteiger partial charge in [0.25, 0.3) is 5.56 Å². The monoisotopic (exact) mass is 209 g/mol. The molecule has 1 aromatic heterocycles. The number of rotatable bonds is 4. The number of methoxy groups -OCH3 is 1. The van der Waals surface area contributed by atoms with Crippen LogP contribution in [-0.2, 0) is 11.3 Å². The molecule has 15 heavy (non-hydrogen) atoms. The summed E-state index contributed by atoms with van der Waals surface area (Å²) in [5, 5.41) is 0. The Hall–Kier alpha value is -1.09. The van der Waals surface area contributed by atoms with E-state index in [1.54, 1.807) is 11.7 Å². The smallest absolute Gasteiger partial charge is 0.254 e. The molecule has 0 unspecified atom stereocenters. The minimum absolute atomic E-state index is 0.104. The zero-order valence-electron chi connectivity index (χ0n) is 9.91. The third-order valence-corrected chi connectivity index (χ3v) is 2.41. The first-order valence-electron chi connectivity index (χ1n) is 5.26. The minimum Gasteiger partial charge on any atom is -0.383 e. The van der Waals surface area contributed by atoms with E-state index in [1.165, 1.54) is 0 Å². The van der Waals surface area contributed by atoms with Gasteiger partial charge in [0.2, 0.25) is 0 Å². The molecule has 0 saturated heterocycles. The first-order valence-corrected chi connectivity index (χ1v) is 5.26. The lowest BCUT2D eigenvalue weighted by atomic mass is 10.0. The van der Waals surface area contributed by atoms with Crippen LogP contribution in [0.25, 0.3) is 0 Å². The van der Waals surface area contributed by atoms with E-state index in [0.29, 0.717) is 13.2 Å². The summed E-state index contributed by atoms with van der Waals surface area (Å²) in [5.41, 5.74) is 2.10. The van der Waals surface area contributed by atoms with E-state index >= 15 is 0 Å². The van der Waals surface area contributed by atoms with Crippen molar-refractivity contribution in [2.75, 3.05) is 13.7 Å². The van der Waals surface area contributed by atoms with Gasteiger partial charge < -0.3 is 9.30 Å². The molecule has 0 aliphatic rings. The number of hydrogen-bond donors (Lipinski definition) is 0. The zero-order chi connectivity index (χ0) is 11.4. The highest BCUT2D eigenvalue weighted by atomic mass is 16.5. The standard InChI is InChI=1S/C12H19NO2/c1-9(2)11-7-10(3)8-13(12(11)14)5-6-15-4/h7-9H,5-6H2,1-4H3. The molecule has 0 radical (unpaired) electrons. The van der Waals surface area contributed by atoms with Crippen molar-refractivity contribution >= 4 is 0 Å². The maximum absolute atomic E-state index is 12.0. The Morgan fingerprint density at radius 1 is 1.47 bits per heavy atom. The van der Waals surface area contributed by atoms with Crippen molar-refractivity contribution in [3.05, 3.63) is 33.7 Å². The Morgan fingerprint density at radius 2 is 2.13 bits per heavy atom. The van der Waals surface area contributed by atoms with Gasteiger partial charge in [-0.2, -0.15) is 0 Å². The van der Waals surface area contributed by atoms with Crippen LogP contribution in [0, 0.1) is 6.92 Å². The lowest BCUT2D eigenvalue weighted by Gasteiger charge is -2.11. The summed E-state index contributed by atoms with van der Waals surface area (Å²) in [5.74, 6) is 0.270. The topological polar surface area (TPSA) is 31.2 Å². The molecule has 0 fully saturated rings. The normalized spacial score (nSPS) is 11.0. The molecular weight excluding hydrogens is 190 g/mol. The molecule has 3 nitrogen and oxygen atoms in total. The molecule has 0 saturated carbocycles. The van der Waals surface area contributed by atoms with Gasteiger partial charge in [-0.05, 0) is 24.5 Å². The van der Waals surface area contributed by atoms with Crippen LogP contribution in [-0.4, -0.2) is 18.3 Å². The fraction of sp³-hybridized carbons (Fsp3) is 0.583. The van der Waals surface area contributed by atoms with Gasteiger partial charge in [0, 0.05) is 25.4 Å². The molecule has 0 aliphatic carbocycles. The van der Waals surface area contributed by atoms with E-state index in [4.69, 9.17) is 4.74 Å². The molecule has 0 N–H and O–H groups in total. The molecule has 0 aliphatic heterocycles. The van der Waals surface area contributed by atoms with Crippen LogP contribution in [0.15, 0.2) is 17.1 Å². The van der Waals surface area contributed by atoms with Gasteiger partial charge in [-0.25, -0.2) is 0 Å². The first kappa shape index (κ1) is 12.0. The molecule has 0 spiro atoms. The van der Waals surface area contributed by atoms with Gasteiger partial charge in [-0.3, -0.25) is 4.79 Å². The maximum Gasteiger partial charge on any atom is 0.254 e. The van der Waals surface area contributed by atoms with E-state index in [2.05, 4.69) is 0 Å². The number of nitrogens with zero attached hydrogens (tertiary/aromatic N) is 1. The van der Waals surface area contributed by atoms with Gasteiger partial charge in [0.15, 0.2) is 0 Å². The maximum atomic E-state index is 12.0. The lowest BCUT2D eigenvalue weighted by molar-refractivity contribution is 0.186. The van der Waals surface area contributed by atoms with Crippen LogP contribution in [0.5, 0.6) is 0 Å². The Bertz CT molecular complexity index is 380. The van der Waals surface area contributed by atoms with Crippen molar-refractivity contribution in [2.24, 2.45) is 0 Å². The van der Waals surface area contributed by atoms with Crippen LogP contribution >= 0.6 is 0 Å². The van der Waals surface area contributed by atoms with Crippen molar-refractivity contribution in [3.63, 3.8) is 0 Å². The average molecular weight is 209 g/mol. The molecule has 84 valence electrons. The molecule has 0 atom stereocenters. The van der Waals surface area contributed by atoms with Crippen molar-refractivity contribution in [1.82, 2.24) is 4.57 Å². The van der Waals surface area contributed by atoms with Crippen LogP contribution in [0.1, 0.15) is 30.9 Å². The zero-order valence-corrected chi connectivity index (χ0v) is 9.91. The summed E-state index contributed by atoms with van der Waals surface area (Å²) in [6.07, 6.45) is 1.88.